The lowest BCUT2D eigenvalue weighted by Gasteiger charge is -2.19. The summed E-state index contributed by atoms with van der Waals surface area (Å²) in [7, 11) is 0. The van der Waals surface area contributed by atoms with Crippen molar-refractivity contribution in [1.82, 2.24) is 20.1 Å². The first-order valence-electron chi connectivity index (χ1n) is 6.78. The predicted octanol–water partition coefficient (Wildman–Crippen LogP) is 3.42. The van der Waals surface area contributed by atoms with Crippen LogP contribution in [-0.4, -0.2) is 26.2 Å². The summed E-state index contributed by atoms with van der Waals surface area (Å²) >= 11 is 4.82. The van der Waals surface area contributed by atoms with Gasteiger partial charge in [0.25, 0.3) is 0 Å². The van der Waals surface area contributed by atoms with Crippen molar-refractivity contribution in [2.75, 3.05) is 5.32 Å². The number of rotatable bonds is 5. The van der Waals surface area contributed by atoms with Crippen molar-refractivity contribution in [3.63, 3.8) is 0 Å². The minimum absolute atomic E-state index is 0.0379. The molecule has 0 amide bonds. The maximum absolute atomic E-state index is 12.8. The van der Waals surface area contributed by atoms with Gasteiger partial charge in [-0.1, -0.05) is 12.1 Å². The first-order valence-corrected chi connectivity index (χ1v) is 7.16. The van der Waals surface area contributed by atoms with Gasteiger partial charge >= 0.3 is 11.3 Å². The summed E-state index contributed by atoms with van der Waals surface area (Å²) in [5.74, 6) is -0.526. The number of alkyl halides is 3. The molecule has 6 nitrogen and oxygen atoms in total. The monoisotopic (exact) mass is 329 g/mol. The molecule has 1 aliphatic carbocycles. The number of nitrogens with one attached hydrogen (secondary N) is 1. The van der Waals surface area contributed by atoms with E-state index in [4.69, 9.17) is 11.6 Å². The lowest BCUT2D eigenvalue weighted by Crippen LogP contribution is -2.25. The van der Waals surface area contributed by atoms with E-state index >= 15 is 0 Å². The largest absolute Gasteiger partial charge is 0.400 e. The first-order chi connectivity index (χ1) is 10.3. The van der Waals surface area contributed by atoms with E-state index in [-0.39, 0.29) is 17.3 Å². The van der Waals surface area contributed by atoms with Crippen LogP contribution in [0.15, 0.2) is 16.9 Å². The summed E-state index contributed by atoms with van der Waals surface area (Å²) in [6, 6.07) is 0.255. The molecule has 118 valence electrons. The van der Waals surface area contributed by atoms with Crippen LogP contribution in [0.5, 0.6) is 0 Å². The van der Waals surface area contributed by atoms with Crippen LogP contribution in [-0.2, 0) is 5.38 Å². The molecule has 1 aliphatic rings. The highest BCUT2D eigenvalue weighted by Gasteiger charge is 2.42. The standard InChI is InChI=1S/C13H14ClF2N5O/c1-7(12(2)3-4-12)19-11-17-5-8(6-18-11)9-20-10(22-21-9)13(14,15)16/h5-7H,3-4H2,1-2H3,(H,17,18,19). The first kappa shape index (κ1) is 15.1. The van der Waals surface area contributed by atoms with Gasteiger partial charge in [-0.3, -0.25) is 0 Å². The van der Waals surface area contributed by atoms with Crippen LogP contribution in [0.3, 0.4) is 0 Å². The van der Waals surface area contributed by atoms with Crippen molar-refractivity contribution in [3.8, 4) is 11.4 Å². The van der Waals surface area contributed by atoms with Crippen LogP contribution in [0.4, 0.5) is 14.7 Å². The summed E-state index contributed by atoms with van der Waals surface area (Å²) < 4.78 is 30.1. The molecule has 0 saturated heterocycles. The van der Waals surface area contributed by atoms with Gasteiger partial charge in [0, 0.05) is 18.4 Å². The number of hydrogen-bond donors (Lipinski definition) is 1. The Hall–Kier alpha value is -1.83. The molecule has 22 heavy (non-hydrogen) atoms. The predicted molar refractivity (Wildman–Crippen MR) is 75.5 cm³/mol. The van der Waals surface area contributed by atoms with Gasteiger partial charge in [0.1, 0.15) is 0 Å². The molecule has 1 unspecified atom stereocenters. The van der Waals surface area contributed by atoms with Gasteiger partial charge in [-0.2, -0.15) is 13.8 Å². The van der Waals surface area contributed by atoms with Gasteiger partial charge in [0.2, 0.25) is 11.8 Å². The van der Waals surface area contributed by atoms with Crippen molar-refractivity contribution in [2.45, 2.75) is 38.1 Å². The Labute approximate surface area is 130 Å². The van der Waals surface area contributed by atoms with Crippen molar-refractivity contribution < 1.29 is 13.3 Å². The van der Waals surface area contributed by atoms with Gasteiger partial charge in [0.05, 0.1) is 5.56 Å². The number of aromatic nitrogens is 4. The maximum atomic E-state index is 12.8. The van der Waals surface area contributed by atoms with Gasteiger partial charge in [-0.05, 0) is 36.8 Å². The minimum Gasteiger partial charge on any atom is -0.351 e. The molecular formula is C13H14ClF2N5O. The van der Waals surface area contributed by atoms with E-state index in [1.165, 1.54) is 25.2 Å². The van der Waals surface area contributed by atoms with Crippen LogP contribution in [0.25, 0.3) is 11.4 Å². The Morgan fingerprint density at radius 1 is 1.36 bits per heavy atom. The fourth-order valence-corrected chi connectivity index (χ4v) is 2.05. The molecule has 0 radical (unpaired) electrons. The topological polar surface area (TPSA) is 76.7 Å². The summed E-state index contributed by atoms with van der Waals surface area (Å²) in [5.41, 5.74) is 0.656. The van der Waals surface area contributed by atoms with Crippen LogP contribution in [0.2, 0.25) is 0 Å². The quantitative estimate of drug-likeness (QED) is 0.847. The lowest BCUT2D eigenvalue weighted by atomic mass is 10.0. The van der Waals surface area contributed by atoms with Crippen molar-refractivity contribution in [2.24, 2.45) is 5.41 Å². The Bertz CT molecular complexity index is 666. The average molecular weight is 330 g/mol. The smallest absolute Gasteiger partial charge is 0.351 e. The third kappa shape index (κ3) is 3.01. The molecule has 1 atom stereocenters. The number of anilines is 1. The van der Waals surface area contributed by atoms with Crippen LogP contribution in [0.1, 0.15) is 32.6 Å². The van der Waals surface area contributed by atoms with Crippen molar-refractivity contribution in [3.05, 3.63) is 18.3 Å². The fourth-order valence-electron chi connectivity index (χ4n) is 1.97. The minimum atomic E-state index is -3.69. The molecular weight excluding hydrogens is 316 g/mol. The molecule has 0 aromatic carbocycles. The van der Waals surface area contributed by atoms with Gasteiger partial charge in [0.15, 0.2) is 0 Å². The second kappa shape index (κ2) is 5.12. The highest BCUT2D eigenvalue weighted by Crippen LogP contribution is 2.48. The Morgan fingerprint density at radius 3 is 2.50 bits per heavy atom. The van der Waals surface area contributed by atoms with Crippen molar-refractivity contribution >= 4 is 17.5 Å². The summed E-state index contributed by atoms with van der Waals surface area (Å²) in [6.07, 6.45) is 5.24. The Morgan fingerprint density at radius 2 is 2.00 bits per heavy atom. The summed E-state index contributed by atoms with van der Waals surface area (Å²) in [4.78, 5) is 11.8. The van der Waals surface area contributed by atoms with Crippen molar-refractivity contribution in [1.29, 1.82) is 0 Å². The van der Waals surface area contributed by atoms with Gasteiger partial charge in [-0.25, -0.2) is 9.97 Å². The lowest BCUT2D eigenvalue weighted by molar-refractivity contribution is 0.0551. The zero-order chi connectivity index (χ0) is 16.0. The molecule has 2 heterocycles. The molecule has 2 aromatic rings. The van der Waals surface area contributed by atoms with E-state index in [2.05, 4.69) is 43.8 Å². The number of hydrogen-bond acceptors (Lipinski definition) is 6. The molecule has 1 fully saturated rings. The zero-order valence-corrected chi connectivity index (χ0v) is 12.7. The Kier molecular flexibility index (Phi) is 3.51. The molecule has 0 bridgehead atoms. The molecule has 9 heteroatoms. The maximum Gasteiger partial charge on any atom is 0.400 e. The van der Waals surface area contributed by atoms with E-state index in [9.17, 15) is 8.78 Å². The number of nitrogens with zero attached hydrogens (tertiary/aromatic N) is 4. The van der Waals surface area contributed by atoms with Gasteiger partial charge in [-0.15, -0.1) is 0 Å². The van der Waals surface area contributed by atoms with Crippen LogP contribution < -0.4 is 5.32 Å². The second-order valence-electron chi connectivity index (χ2n) is 5.74. The van der Waals surface area contributed by atoms with E-state index in [1.54, 1.807) is 0 Å². The SMILES string of the molecule is CC(Nc1ncc(-c2noc(C(F)(F)Cl)n2)cn1)C1(C)CC1. The Balaban J connectivity index is 1.72. The molecule has 1 saturated carbocycles. The summed E-state index contributed by atoms with van der Waals surface area (Å²) in [6.45, 7) is 4.28. The summed E-state index contributed by atoms with van der Waals surface area (Å²) in [5, 5.41) is 2.97. The van der Waals surface area contributed by atoms with E-state index in [0.717, 1.165) is 0 Å². The molecule has 2 aromatic heterocycles. The van der Waals surface area contributed by atoms with E-state index in [1.807, 2.05) is 0 Å². The second-order valence-corrected chi connectivity index (χ2v) is 6.21. The molecule has 0 spiro atoms. The number of halogens is 3. The van der Waals surface area contributed by atoms with E-state index in [0.29, 0.717) is 11.5 Å². The molecule has 1 N–H and O–H groups in total. The highest BCUT2D eigenvalue weighted by molar-refractivity contribution is 6.21. The van der Waals surface area contributed by atoms with Gasteiger partial charge < -0.3 is 9.84 Å². The third-order valence-electron chi connectivity index (χ3n) is 4.01. The normalized spacial score (nSPS) is 18.0. The van der Waals surface area contributed by atoms with Crippen LogP contribution >= 0.6 is 11.6 Å². The third-order valence-corrected chi connectivity index (χ3v) is 4.17. The molecule has 3 rings (SSSR count). The molecule has 0 aliphatic heterocycles. The highest BCUT2D eigenvalue weighted by atomic mass is 35.5. The fraction of sp³-hybridized carbons (Fsp3) is 0.538. The van der Waals surface area contributed by atoms with Crippen LogP contribution in [0, 0.1) is 5.41 Å². The average Bonchev–Trinajstić information content (AvgIpc) is 3.02. The van der Waals surface area contributed by atoms with E-state index < -0.39 is 11.3 Å². The zero-order valence-electron chi connectivity index (χ0n) is 12.0.